The maximum atomic E-state index is 13.5. The van der Waals surface area contributed by atoms with E-state index in [2.05, 4.69) is 10.5 Å². The van der Waals surface area contributed by atoms with E-state index < -0.39 is 22.5 Å². The van der Waals surface area contributed by atoms with E-state index in [1.54, 1.807) is 67.8 Å². The van der Waals surface area contributed by atoms with Gasteiger partial charge in [0.05, 0.1) is 30.5 Å². The van der Waals surface area contributed by atoms with Crippen molar-refractivity contribution in [1.29, 1.82) is 0 Å². The molecule has 0 saturated carbocycles. The Hall–Kier alpha value is -3.50. The highest BCUT2D eigenvalue weighted by Crippen LogP contribution is 2.27. The van der Waals surface area contributed by atoms with Gasteiger partial charge < -0.3 is 9.47 Å². The fourth-order valence-corrected chi connectivity index (χ4v) is 4.93. The molecule has 0 atom stereocenters. The third kappa shape index (κ3) is 7.00. The van der Waals surface area contributed by atoms with Gasteiger partial charge in [-0.1, -0.05) is 0 Å². The van der Waals surface area contributed by atoms with Crippen LogP contribution in [0.5, 0.6) is 11.5 Å². The molecule has 0 aromatic heterocycles. The summed E-state index contributed by atoms with van der Waals surface area (Å²) in [6.07, 6.45) is 3.38. The van der Waals surface area contributed by atoms with E-state index >= 15 is 0 Å². The first kappa shape index (κ1) is 26.1. The molecule has 0 aliphatic heterocycles. The smallest absolute Gasteiger partial charge is 0.264 e. The maximum absolute atomic E-state index is 13.5. The van der Waals surface area contributed by atoms with Gasteiger partial charge in [-0.3, -0.25) is 9.10 Å². The standard InChI is InChI=1S/C25H27N3O5S2/c1-4-33-22-11-7-20(8-12-22)28(35(30,31)24-15-13-23(34-3)14-16-24)18-25(29)27-26-17-19-5-9-21(32-2)10-6-19/h5-17H,4,18H2,1-3H3,(H,27,29)/b26-17-. The van der Waals surface area contributed by atoms with E-state index in [-0.39, 0.29) is 4.90 Å². The van der Waals surface area contributed by atoms with Gasteiger partial charge in [0.1, 0.15) is 18.0 Å². The fourth-order valence-electron chi connectivity index (χ4n) is 3.10. The van der Waals surface area contributed by atoms with Crippen molar-refractivity contribution < 1.29 is 22.7 Å². The quantitative estimate of drug-likeness (QED) is 0.235. The monoisotopic (exact) mass is 513 g/mol. The Morgan fingerprint density at radius 2 is 1.63 bits per heavy atom. The van der Waals surface area contributed by atoms with Gasteiger partial charge in [-0.25, -0.2) is 13.8 Å². The Bertz CT molecular complexity index is 1240. The molecule has 35 heavy (non-hydrogen) atoms. The van der Waals surface area contributed by atoms with Crippen molar-refractivity contribution in [2.24, 2.45) is 5.10 Å². The Labute approximate surface area is 210 Å². The topological polar surface area (TPSA) is 97.3 Å². The first-order valence-electron chi connectivity index (χ1n) is 10.7. The number of nitrogens with one attached hydrogen (secondary N) is 1. The summed E-state index contributed by atoms with van der Waals surface area (Å²) in [7, 11) is -2.45. The summed E-state index contributed by atoms with van der Waals surface area (Å²) in [6.45, 7) is 1.89. The van der Waals surface area contributed by atoms with Crippen LogP contribution in [0.1, 0.15) is 12.5 Å². The molecule has 0 fully saturated rings. The molecule has 1 amide bonds. The number of anilines is 1. The number of methoxy groups -OCH3 is 1. The first-order valence-corrected chi connectivity index (χ1v) is 13.4. The van der Waals surface area contributed by atoms with E-state index in [1.165, 1.54) is 30.1 Å². The van der Waals surface area contributed by atoms with Crippen LogP contribution in [-0.4, -0.2) is 47.1 Å². The highest BCUT2D eigenvalue weighted by Gasteiger charge is 2.27. The molecule has 0 unspecified atom stereocenters. The number of rotatable bonds is 11. The van der Waals surface area contributed by atoms with Crippen LogP contribution in [0.3, 0.4) is 0 Å². The third-order valence-electron chi connectivity index (χ3n) is 4.89. The molecule has 8 nitrogen and oxygen atoms in total. The highest BCUT2D eigenvalue weighted by atomic mass is 32.2. The molecular weight excluding hydrogens is 486 g/mol. The van der Waals surface area contributed by atoms with E-state index in [0.29, 0.717) is 23.8 Å². The SMILES string of the molecule is CCOc1ccc(N(CC(=O)N/N=C\c2ccc(OC)cc2)S(=O)(=O)c2ccc(SC)cc2)cc1. The number of benzene rings is 3. The molecule has 10 heteroatoms. The predicted octanol–water partition coefficient (Wildman–Crippen LogP) is 4.16. The number of ether oxygens (including phenoxy) is 2. The first-order chi connectivity index (χ1) is 16.9. The molecule has 0 aliphatic carbocycles. The highest BCUT2D eigenvalue weighted by molar-refractivity contribution is 7.98. The van der Waals surface area contributed by atoms with Crippen LogP contribution in [0.2, 0.25) is 0 Å². The van der Waals surface area contributed by atoms with Gasteiger partial charge in [0.25, 0.3) is 15.9 Å². The summed E-state index contributed by atoms with van der Waals surface area (Å²) in [4.78, 5) is 13.7. The van der Waals surface area contributed by atoms with E-state index in [0.717, 1.165) is 14.8 Å². The number of hydrogen-bond acceptors (Lipinski definition) is 7. The average molecular weight is 514 g/mol. The molecule has 3 rings (SSSR count). The van der Waals surface area contributed by atoms with Crippen molar-refractivity contribution in [1.82, 2.24) is 5.43 Å². The molecular formula is C25H27N3O5S2. The summed E-state index contributed by atoms with van der Waals surface area (Å²) >= 11 is 1.51. The van der Waals surface area contributed by atoms with Crippen LogP contribution in [0, 0.1) is 0 Å². The normalized spacial score (nSPS) is 11.3. The summed E-state index contributed by atoms with van der Waals surface area (Å²) in [6, 6.07) is 20.2. The van der Waals surface area contributed by atoms with Crippen LogP contribution in [-0.2, 0) is 14.8 Å². The van der Waals surface area contributed by atoms with Crippen molar-refractivity contribution in [2.75, 3.05) is 30.8 Å². The maximum Gasteiger partial charge on any atom is 0.264 e. The van der Waals surface area contributed by atoms with Gasteiger partial charge in [-0.05, 0) is 91.5 Å². The van der Waals surface area contributed by atoms with Crippen LogP contribution in [0.15, 0.2) is 87.7 Å². The van der Waals surface area contributed by atoms with Crippen molar-refractivity contribution in [3.8, 4) is 11.5 Å². The molecule has 3 aromatic rings. The van der Waals surface area contributed by atoms with Crippen molar-refractivity contribution in [3.63, 3.8) is 0 Å². The van der Waals surface area contributed by atoms with Gasteiger partial charge in [0.2, 0.25) is 0 Å². The lowest BCUT2D eigenvalue weighted by molar-refractivity contribution is -0.119. The van der Waals surface area contributed by atoms with Crippen molar-refractivity contribution in [2.45, 2.75) is 16.7 Å². The van der Waals surface area contributed by atoms with E-state index in [1.807, 2.05) is 13.2 Å². The zero-order valence-electron chi connectivity index (χ0n) is 19.7. The zero-order chi connectivity index (χ0) is 25.3. The minimum absolute atomic E-state index is 0.0821. The fraction of sp³-hybridized carbons (Fsp3) is 0.200. The molecule has 0 spiro atoms. The lowest BCUT2D eigenvalue weighted by Gasteiger charge is -2.24. The summed E-state index contributed by atoms with van der Waals surface area (Å²) in [5.41, 5.74) is 3.48. The van der Waals surface area contributed by atoms with Crippen LogP contribution in [0.4, 0.5) is 5.69 Å². The Morgan fingerprint density at radius 3 is 2.20 bits per heavy atom. The second-order valence-corrected chi connectivity index (χ2v) is 9.92. The molecule has 3 aromatic carbocycles. The lowest BCUT2D eigenvalue weighted by Crippen LogP contribution is -2.39. The van der Waals surface area contributed by atoms with Gasteiger partial charge in [0.15, 0.2) is 0 Å². The molecule has 0 saturated heterocycles. The Kier molecular flexibility index (Phi) is 9.16. The summed E-state index contributed by atoms with van der Waals surface area (Å²) < 4.78 is 38.6. The third-order valence-corrected chi connectivity index (χ3v) is 7.42. The molecule has 0 heterocycles. The number of carbonyl (C=O) groups is 1. The molecule has 0 radical (unpaired) electrons. The van der Waals surface area contributed by atoms with Gasteiger partial charge >= 0.3 is 0 Å². The minimum atomic E-state index is -4.03. The zero-order valence-corrected chi connectivity index (χ0v) is 21.3. The number of thioether (sulfide) groups is 1. The number of hydrazone groups is 1. The van der Waals surface area contributed by atoms with Crippen LogP contribution < -0.4 is 19.2 Å². The Morgan fingerprint density at radius 1 is 1.00 bits per heavy atom. The van der Waals surface area contributed by atoms with Crippen molar-refractivity contribution in [3.05, 3.63) is 78.4 Å². The molecule has 0 aliphatic rings. The van der Waals surface area contributed by atoms with E-state index in [4.69, 9.17) is 9.47 Å². The van der Waals surface area contributed by atoms with Crippen LogP contribution in [0.25, 0.3) is 0 Å². The molecule has 0 bridgehead atoms. The van der Waals surface area contributed by atoms with Gasteiger partial charge in [0, 0.05) is 4.90 Å². The molecule has 184 valence electrons. The second-order valence-electron chi connectivity index (χ2n) is 7.18. The number of amides is 1. The lowest BCUT2D eigenvalue weighted by atomic mass is 10.2. The van der Waals surface area contributed by atoms with E-state index in [9.17, 15) is 13.2 Å². The summed E-state index contributed by atoms with van der Waals surface area (Å²) in [5, 5.41) is 3.95. The average Bonchev–Trinajstić information content (AvgIpc) is 2.88. The van der Waals surface area contributed by atoms with Gasteiger partial charge in [-0.15, -0.1) is 11.8 Å². The largest absolute Gasteiger partial charge is 0.497 e. The summed E-state index contributed by atoms with van der Waals surface area (Å²) in [5.74, 6) is 0.715. The minimum Gasteiger partial charge on any atom is -0.497 e. The number of carbonyl (C=O) groups excluding carboxylic acids is 1. The number of hydrogen-bond donors (Lipinski definition) is 1. The Balaban J connectivity index is 1.82. The van der Waals surface area contributed by atoms with Crippen molar-refractivity contribution >= 4 is 39.6 Å². The molecule has 1 N–H and O–H groups in total. The second kappa shape index (κ2) is 12.3. The van der Waals surface area contributed by atoms with Crippen LogP contribution >= 0.6 is 11.8 Å². The number of sulfonamides is 1. The number of nitrogens with zero attached hydrogens (tertiary/aromatic N) is 2. The van der Waals surface area contributed by atoms with Gasteiger partial charge in [-0.2, -0.15) is 5.10 Å². The predicted molar refractivity (Wildman–Crippen MR) is 139 cm³/mol.